The van der Waals surface area contributed by atoms with Gasteiger partial charge >= 0.3 is 0 Å². The second-order valence-electron chi connectivity index (χ2n) is 4.45. The molecule has 0 spiro atoms. The van der Waals surface area contributed by atoms with Crippen LogP contribution in [0.15, 0.2) is 43.8 Å². The standard InChI is InChI=1S/C16H18O2S4/c1-19-11-7-10(17)8-12(20-2)15(11)9-5-13(21-3)16(18)14(6-9)22-4/h5-8,17-18H,1-4H3. The van der Waals surface area contributed by atoms with Crippen LogP contribution in [0.5, 0.6) is 11.5 Å². The third-order valence-electron chi connectivity index (χ3n) is 3.26. The highest BCUT2D eigenvalue weighted by atomic mass is 32.2. The molecule has 22 heavy (non-hydrogen) atoms. The molecule has 2 N–H and O–H groups in total. The fraction of sp³-hybridized carbons (Fsp3) is 0.250. The summed E-state index contributed by atoms with van der Waals surface area (Å²) >= 11 is 6.31. The van der Waals surface area contributed by atoms with Gasteiger partial charge in [-0.3, -0.25) is 0 Å². The van der Waals surface area contributed by atoms with Crippen LogP contribution in [0.25, 0.3) is 11.1 Å². The van der Waals surface area contributed by atoms with E-state index >= 15 is 0 Å². The molecule has 0 aliphatic carbocycles. The second kappa shape index (κ2) is 7.81. The lowest BCUT2D eigenvalue weighted by molar-refractivity contribution is 0.449. The Hall–Kier alpha value is -0.560. The third-order valence-corrected chi connectivity index (χ3v) is 6.28. The van der Waals surface area contributed by atoms with Crippen LogP contribution in [0.1, 0.15) is 0 Å². The first kappa shape index (κ1) is 17.8. The van der Waals surface area contributed by atoms with E-state index in [1.807, 2.05) is 37.2 Å². The maximum absolute atomic E-state index is 10.3. The highest BCUT2D eigenvalue weighted by Crippen LogP contribution is 2.45. The molecule has 2 rings (SSSR count). The van der Waals surface area contributed by atoms with Crippen molar-refractivity contribution in [3.05, 3.63) is 24.3 Å². The molecule has 2 aromatic carbocycles. The summed E-state index contributed by atoms with van der Waals surface area (Å²) in [5, 5.41) is 20.2. The Morgan fingerprint density at radius 1 is 0.636 bits per heavy atom. The van der Waals surface area contributed by atoms with Crippen LogP contribution in [0, 0.1) is 0 Å². The van der Waals surface area contributed by atoms with Crippen molar-refractivity contribution in [2.75, 3.05) is 25.0 Å². The van der Waals surface area contributed by atoms with Crippen molar-refractivity contribution in [1.29, 1.82) is 0 Å². The number of hydrogen-bond acceptors (Lipinski definition) is 6. The van der Waals surface area contributed by atoms with E-state index in [9.17, 15) is 10.2 Å². The number of phenols is 2. The number of aromatic hydroxyl groups is 2. The predicted molar refractivity (Wildman–Crippen MR) is 102 cm³/mol. The fourth-order valence-corrected chi connectivity index (χ4v) is 4.79. The zero-order valence-corrected chi connectivity index (χ0v) is 16.1. The van der Waals surface area contributed by atoms with Crippen molar-refractivity contribution in [2.45, 2.75) is 19.6 Å². The van der Waals surface area contributed by atoms with Crippen LogP contribution >= 0.6 is 47.0 Å². The van der Waals surface area contributed by atoms with E-state index in [2.05, 4.69) is 0 Å². The van der Waals surface area contributed by atoms with Gasteiger partial charge in [0, 0.05) is 15.4 Å². The number of thioether (sulfide) groups is 4. The Balaban J connectivity index is 2.75. The van der Waals surface area contributed by atoms with Gasteiger partial charge in [-0.2, -0.15) is 0 Å². The lowest BCUT2D eigenvalue weighted by Gasteiger charge is -2.16. The highest BCUT2D eigenvalue weighted by Gasteiger charge is 2.16. The topological polar surface area (TPSA) is 40.5 Å². The summed E-state index contributed by atoms with van der Waals surface area (Å²) in [5.41, 5.74) is 2.18. The van der Waals surface area contributed by atoms with Gasteiger partial charge in [-0.05, 0) is 54.9 Å². The van der Waals surface area contributed by atoms with E-state index in [1.54, 1.807) is 35.7 Å². The number of phenolic OH excluding ortho intramolecular Hbond substituents is 2. The molecule has 118 valence electrons. The van der Waals surface area contributed by atoms with Crippen LogP contribution in [-0.2, 0) is 0 Å². The molecule has 0 saturated heterocycles. The van der Waals surface area contributed by atoms with Gasteiger partial charge in [0.1, 0.15) is 11.5 Å². The molecule has 2 nitrogen and oxygen atoms in total. The van der Waals surface area contributed by atoms with Gasteiger partial charge in [0.05, 0.1) is 9.79 Å². The van der Waals surface area contributed by atoms with E-state index in [0.29, 0.717) is 5.75 Å². The van der Waals surface area contributed by atoms with Crippen molar-refractivity contribution in [3.63, 3.8) is 0 Å². The van der Waals surface area contributed by atoms with Crippen molar-refractivity contribution >= 4 is 47.0 Å². The normalized spacial score (nSPS) is 10.9. The van der Waals surface area contributed by atoms with Crippen LogP contribution < -0.4 is 0 Å². The van der Waals surface area contributed by atoms with Crippen LogP contribution in [0.4, 0.5) is 0 Å². The van der Waals surface area contributed by atoms with Crippen molar-refractivity contribution < 1.29 is 10.2 Å². The molecule has 0 aromatic heterocycles. The summed E-state index contributed by atoms with van der Waals surface area (Å²) in [6.07, 6.45) is 7.94. The number of hydrogen-bond donors (Lipinski definition) is 2. The van der Waals surface area contributed by atoms with E-state index in [-0.39, 0.29) is 5.75 Å². The Bertz CT molecular complexity index is 636. The van der Waals surface area contributed by atoms with Gasteiger partial charge in [0.2, 0.25) is 0 Å². The Labute approximate surface area is 148 Å². The summed E-state index contributed by atoms with van der Waals surface area (Å²) in [4.78, 5) is 3.81. The maximum Gasteiger partial charge on any atom is 0.142 e. The summed E-state index contributed by atoms with van der Waals surface area (Å²) in [6, 6.07) is 7.63. The summed E-state index contributed by atoms with van der Waals surface area (Å²) < 4.78 is 0. The van der Waals surface area contributed by atoms with Crippen LogP contribution in [0.3, 0.4) is 0 Å². The SMILES string of the molecule is CSc1cc(-c2c(SC)cc(O)cc2SC)cc(SC)c1O. The van der Waals surface area contributed by atoms with E-state index in [0.717, 1.165) is 30.7 Å². The Morgan fingerprint density at radius 2 is 1.05 bits per heavy atom. The van der Waals surface area contributed by atoms with Crippen molar-refractivity contribution in [2.24, 2.45) is 0 Å². The Kier molecular flexibility index (Phi) is 6.32. The van der Waals surface area contributed by atoms with Crippen LogP contribution in [0.2, 0.25) is 0 Å². The molecule has 2 aromatic rings. The highest BCUT2D eigenvalue weighted by molar-refractivity contribution is 8.00. The minimum Gasteiger partial charge on any atom is -0.508 e. The summed E-state index contributed by atoms with van der Waals surface area (Å²) in [6.45, 7) is 0. The Morgan fingerprint density at radius 3 is 1.41 bits per heavy atom. The van der Waals surface area contributed by atoms with Gasteiger partial charge in [-0.25, -0.2) is 0 Å². The minimum absolute atomic E-state index is 0.284. The second-order valence-corrected chi connectivity index (χ2v) is 7.85. The van der Waals surface area contributed by atoms with Crippen LogP contribution in [-0.4, -0.2) is 35.2 Å². The van der Waals surface area contributed by atoms with E-state index in [1.165, 1.54) is 23.5 Å². The zero-order valence-electron chi connectivity index (χ0n) is 12.8. The van der Waals surface area contributed by atoms with Gasteiger partial charge in [0.15, 0.2) is 0 Å². The molecular weight excluding hydrogens is 352 g/mol. The molecule has 0 atom stereocenters. The minimum atomic E-state index is 0.284. The molecule has 0 aliphatic rings. The first-order valence-corrected chi connectivity index (χ1v) is 11.4. The first-order chi connectivity index (χ1) is 10.5. The summed E-state index contributed by atoms with van der Waals surface area (Å²) in [7, 11) is 0. The average molecular weight is 371 g/mol. The maximum atomic E-state index is 10.3. The monoisotopic (exact) mass is 370 g/mol. The largest absolute Gasteiger partial charge is 0.508 e. The predicted octanol–water partition coefficient (Wildman–Crippen LogP) is 5.65. The lowest BCUT2D eigenvalue weighted by Crippen LogP contribution is -1.89. The van der Waals surface area contributed by atoms with Gasteiger partial charge < -0.3 is 10.2 Å². The molecule has 0 saturated carbocycles. The van der Waals surface area contributed by atoms with E-state index < -0.39 is 0 Å². The quantitative estimate of drug-likeness (QED) is 0.663. The molecular formula is C16H18O2S4. The number of rotatable bonds is 5. The van der Waals surface area contributed by atoms with Gasteiger partial charge in [-0.15, -0.1) is 47.0 Å². The lowest BCUT2D eigenvalue weighted by atomic mass is 10.0. The first-order valence-electron chi connectivity index (χ1n) is 6.46. The molecule has 0 bridgehead atoms. The van der Waals surface area contributed by atoms with Crippen molar-refractivity contribution in [3.8, 4) is 22.6 Å². The zero-order chi connectivity index (χ0) is 16.3. The molecule has 0 heterocycles. The van der Waals surface area contributed by atoms with Gasteiger partial charge in [0.25, 0.3) is 0 Å². The van der Waals surface area contributed by atoms with Gasteiger partial charge in [-0.1, -0.05) is 0 Å². The summed E-state index contributed by atoms with van der Waals surface area (Å²) in [5.74, 6) is 0.630. The van der Waals surface area contributed by atoms with E-state index in [4.69, 9.17) is 0 Å². The third kappa shape index (κ3) is 3.50. The smallest absolute Gasteiger partial charge is 0.142 e. The molecule has 0 fully saturated rings. The number of benzene rings is 2. The average Bonchev–Trinajstić information content (AvgIpc) is 2.54. The molecule has 0 aliphatic heterocycles. The molecule has 0 radical (unpaired) electrons. The fourth-order valence-electron chi connectivity index (χ4n) is 2.22. The van der Waals surface area contributed by atoms with Crippen molar-refractivity contribution in [1.82, 2.24) is 0 Å². The molecule has 6 heteroatoms. The molecule has 0 amide bonds. The molecule has 0 unspecified atom stereocenters.